The first kappa shape index (κ1) is 16.0. The maximum Gasteiger partial charge on any atom is 0.223 e. The molecule has 3 rings (SSSR count). The van der Waals surface area contributed by atoms with Crippen molar-refractivity contribution in [3.05, 3.63) is 70.5 Å². The van der Waals surface area contributed by atoms with E-state index in [9.17, 15) is 14.3 Å². The Labute approximate surface area is 139 Å². The van der Waals surface area contributed by atoms with Crippen molar-refractivity contribution in [3.63, 3.8) is 0 Å². The van der Waals surface area contributed by atoms with Crippen molar-refractivity contribution in [2.24, 2.45) is 5.92 Å². The fraction of sp³-hybridized carbons (Fsp3) is 0.278. The first-order chi connectivity index (χ1) is 11.1. The molecule has 0 saturated heterocycles. The van der Waals surface area contributed by atoms with E-state index in [0.29, 0.717) is 10.6 Å². The Morgan fingerprint density at radius 1 is 1.26 bits per heavy atom. The number of amides is 1. The minimum atomic E-state index is -0.837. The van der Waals surface area contributed by atoms with E-state index in [1.165, 1.54) is 12.1 Å². The lowest BCUT2D eigenvalue weighted by Gasteiger charge is -2.13. The van der Waals surface area contributed by atoms with Gasteiger partial charge in [0, 0.05) is 23.0 Å². The fourth-order valence-electron chi connectivity index (χ4n) is 2.75. The summed E-state index contributed by atoms with van der Waals surface area (Å²) in [6.07, 6.45) is -0.0877. The van der Waals surface area contributed by atoms with E-state index in [0.717, 1.165) is 12.0 Å². The number of aliphatic hydroxyl groups excluding tert-OH is 1. The Morgan fingerprint density at radius 2 is 1.96 bits per heavy atom. The van der Waals surface area contributed by atoms with E-state index in [2.05, 4.69) is 5.32 Å². The van der Waals surface area contributed by atoms with E-state index in [1.54, 1.807) is 36.4 Å². The molecule has 1 aliphatic carbocycles. The maximum absolute atomic E-state index is 12.9. The van der Waals surface area contributed by atoms with Crippen LogP contribution in [0.25, 0.3) is 0 Å². The van der Waals surface area contributed by atoms with Crippen LogP contribution in [0.15, 0.2) is 48.5 Å². The molecule has 0 aromatic heterocycles. The molecule has 1 aliphatic rings. The van der Waals surface area contributed by atoms with E-state index in [1.807, 2.05) is 0 Å². The molecule has 3 atom stereocenters. The molecule has 0 heterocycles. The van der Waals surface area contributed by atoms with Gasteiger partial charge in [-0.05, 0) is 36.1 Å². The van der Waals surface area contributed by atoms with Crippen molar-refractivity contribution in [2.45, 2.75) is 18.4 Å². The summed E-state index contributed by atoms with van der Waals surface area (Å²) in [6.45, 7) is 0.120. The summed E-state index contributed by atoms with van der Waals surface area (Å²) in [6, 6.07) is 13.3. The maximum atomic E-state index is 12.9. The first-order valence-electron chi connectivity index (χ1n) is 7.52. The van der Waals surface area contributed by atoms with Gasteiger partial charge < -0.3 is 10.4 Å². The normalized spacial score (nSPS) is 20.8. The molecule has 2 N–H and O–H groups in total. The summed E-state index contributed by atoms with van der Waals surface area (Å²) in [7, 11) is 0. The third-order valence-electron chi connectivity index (χ3n) is 4.16. The summed E-state index contributed by atoms with van der Waals surface area (Å²) in [5.41, 5.74) is 1.57. The average Bonchev–Trinajstić information content (AvgIpc) is 3.34. The molecule has 2 aromatic rings. The van der Waals surface area contributed by atoms with Gasteiger partial charge in [0.25, 0.3) is 0 Å². The van der Waals surface area contributed by atoms with Crippen LogP contribution >= 0.6 is 11.6 Å². The number of nitrogens with one attached hydrogen (secondary N) is 1. The molecule has 1 saturated carbocycles. The van der Waals surface area contributed by atoms with E-state index in [4.69, 9.17) is 11.6 Å². The summed E-state index contributed by atoms with van der Waals surface area (Å²) >= 11 is 6.02. The Hall–Kier alpha value is -1.91. The number of hydrogen-bond acceptors (Lipinski definition) is 2. The van der Waals surface area contributed by atoms with Gasteiger partial charge in [0.05, 0.1) is 6.10 Å². The number of halogens is 2. The van der Waals surface area contributed by atoms with E-state index >= 15 is 0 Å². The molecule has 2 aromatic carbocycles. The summed E-state index contributed by atoms with van der Waals surface area (Å²) in [5.74, 6) is -0.351. The minimum Gasteiger partial charge on any atom is -0.387 e. The lowest BCUT2D eigenvalue weighted by molar-refractivity contribution is -0.122. The number of aliphatic hydroxyl groups is 1. The van der Waals surface area contributed by atoms with Crippen molar-refractivity contribution in [2.75, 3.05) is 6.54 Å². The molecule has 0 radical (unpaired) electrons. The van der Waals surface area contributed by atoms with Crippen molar-refractivity contribution < 1.29 is 14.3 Å². The fourth-order valence-corrected chi connectivity index (χ4v) is 3.01. The molecule has 3 nitrogen and oxygen atoms in total. The largest absolute Gasteiger partial charge is 0.387 e. The monoisotopic (exact) mass is 333 g/mol. The first-order valence-corrected chi connectivity index (χ1v) is 7.89. The Bertz CT molecular complexity index is 704. The molecule has 0 spiro atoms. The van der Waals surface area contributed by atoms with Crippen LogP contribution in [0.4, 0.5) is 4.39 Å². The number of rotatable bonds is 5. The molecule has 120 valence electrons. The zero-order valence-electron chi connectivity index (χ0n) is 12.4. The van der Waals surface area contributed by atoms with Crippen LogP contribution in [0, 0.1) is 11.7 Å². The molecule has 5 heteroatoms. The van der Waals surface area contributed by atoms with Gasteiger partial charge in [-0.2, -0.15) is 0 Å². The van der Waals surface area contributed by atoms with Crippen molar-refractivity contribution >= 4 is 17.5 Å². The quantitative estimate of drug-likeness (QED) is 0.880. The number of benzene rings is 2. The van der Waals surface area contributed by atoms with Crippen molar-refractivity contribution in [3.8, 4) is 0 Å². The Balaban J connectivity index is 1.53. The smallest absolute Gasteiger partial charge is 0.223 e. The van der Waals surface area contributed by atoms with Gasteiger partial charge in [-0.15, -0.1) is 0 Å². The number of carbonyl (C=O) groups excluding carboxylic acids is 1. The lowest BCUT2D eigenvalue weighted by Crippen LogP contribution is -2.30. The highest BCUT2D eigenvalue weighted by molar-refractivity contribution is 6.31. The molecule has 23 heavy (non-hydrogen) atoms. The molecular formula is C18H17ClFNO2. The lowest BCUT2D eigenvalue weighted by atomic mass is 10.1. The van der Waals surface area contributed by atoms with Gasteiger partial charge >= 0.3 is 0 Å². The van der Waals surface area contributed by atoms with Crippen LogP contribution in [-0.4, -0.2) is 17.6 Å². The zero-order chi connectivity index (χ0) is 16.4. The van der Waals surface area contributed by atoms with Crippen LogP contribution < -0.4 is 5.32 Å². The molecule has 3 unspecified atom stereocenters. The van der Waals surface area contributed by atoms with Crippen molar-refractivity contribution in [1.82, 2.24) is 5.32 Å². The van der Waals surface area contributed by atoms with E-state index < -0.39 is 6.10 Å². The highest BCUT2D eigenvalue weighted by atomic mass is 35.5. The van der Waals surface area contributed by atoms with Gasteiger partial charge in [-0.3, -0.25) is 4.79 Å². The van der Waals surface area contributed by atoms with Gasteiger partial charge in [-0.25, -0.2) is 4.39 Å². The van der Waals surface area contributed by atoms with E-state index in [-0.39, 0.29) is 30.1 Å². The van der Waals surface area contributed by atoms with Gasteiger partial charge in [0.2, 0.25) is 5.91 Å². The van der Waals surface area contributed by atoms with Crippen LogP contribution in [0.5, 0.6) is 0 Å². The zero-order valence-corrected chi connectivity index (χ0v) is 13.1. The second-order valence-electron chi connectivity index (χ2n) is 5.78. The highest BCUT2D eigenvalue weighted by Crippen LogP contribution is 2.47. The van der Waals surface area contributed by atoms with Gasteiger partial charge in [0.1, 0.15) is 5.82 Å². The standard InChI is InChI=1S/C18H17ClFNO2/c19-16-4-2-1-3-13(16)17(22)10-21-18(23)15-9-14(15)11-5-7-12(20)8-6-11/h1-8,14-15,17,22H,9-10H2,(H,21,23). The van der Waals surface area contributed by atoms with Gasteiger partial charge in [0.15, 0.2) is 0 Å². The summed E-state index contributed by atoms with van der Waals surface area (Å²) in [4.78, 5) is 12.1. The minimum absolute atomic E-state index is 0.0922. The van der Waals surface area contributed by atoms with Crippen LogP contribution in [0.2, 0.25) is 5.02 Å². The van der Waals surface area contributed by atoms with Crippen LogP contribution in [0.1, 0.15) is 29.6 Å². The number of carbonyl (C=O) groups is 1. The highest BCUT2D eigenvalue weighted by Gasteiger charge is 2.43. The second kappa shape index (κ2) is 6.69. The molecule has 0 bridgehead atoms. The second-order valence-corrected chi connectivity index (χ2v) is 6.19. The molecule has 1 amide bonds. The summed E-state index contributed by atoms with van der Waals surface area (Å²) < 4.78 is 12.9. The predicted octanol–water partition coefficient (Wildman–Crippen LogP) is 3.43. The third kappa shape index (κ3) is 3.71. The third-order valence-corrected chi connectivity index (χ3v) is 4.50. The topological polar surface area (TPSA) is 49.3 Å². The molecule has 1 fully saturated rings. The Kier molecular flexibility index (Phi) is 4.64. The van der Waals surface area contributed by atoms with Crippen molar-refractivity contribution in [1.29, 1.82) is 0 Å². The number of hydrogen-bond donors (Lipinski definition) is 2. The van der Waals surface area contributed by atoms with Gasteiger partial charge in [-0.1, -0.05) is 41.9 Å². The summed E-state index contributed by atoms with van der Waals surface area (Å²) in [5, 5.41) is 13.4. The molecule has 0 aliphatic heterocycles. The Morgan fingerprint density at radius 3 is 2.65 bits per heavy atom. The average molecular weight is 334 g/mol. The van der Waals surface area contributed by atoms with Crippen LogP contribution in [0.3, 0.4) is 0 Å². The van der Waals surface area contributed by atoms with Crippen LogP contribution in [-0.2, 0) is 4.79 Å². The molecular weight excluding hydrogens is 317 g/mol. The predicted molar refractivity (Wildman–Crippen MR) is 86.7 cm³/mol. The SMILES string of the molecule is O=C(NCC(O)c1ccccc1Cl)C1CC1c1ccc(F)cc1.